The summed E-state index contributed by atoms with van der Waals surface area (Å²) in [5.74, 6) is 0.950. The Morgan fingerprint density at radius 2 is 1.75 bits per heavy atom. The Balaban J connectivity index is 2.43. The Hall–Kier alpha value is -1.03. The average molecular weight is 313 g/mol. The molecular formula is C14H25B7N2O. The van der Waals surface area contributed by atoms with Crippen molar-refractivity contribution in [1.29, 1.82) is 0 Å². The van der Waals surface area contributed by atoms with Gasteiger partial charge in [-0.15, -0.1) is 0 Å². The molecule has 1 aromatic heterocycles. The molecule has 2 aromatic rings. The van der Waals surface area contributed by atoms with Crippen molar-refractivity contribution in [2.24, 2.45) is 0 Å². The van der Waals surface area contributed by atoms with E-state index in [2.05, 4.69) is 84.0 Å². The molecule has 1 aliphatic heterocycles. The smallest absolute Gasteiger partial charge is 0.144 e. The molecule has 0 unspecified atom stereocenters. The summed E-state index contributed by atoms with van der Waals surface area (Å²) in [5.41, 5.74) is 5.20. The molecule has 24 heavy (non-hydrogen) atoms. The van der Waals surface area contributed by atoms with Gasteiger partial charge >= 0.3 is 0 Å². The van der Waals surface area contributed by atoms with Crippen molar-refractivity contribution in [2.45, 2.75) is 15.8 Å². The van der Waals surface area contributed by atoms with E-state index in [9.17, 15) is 0 Å². The van der Waals surface area contributed by atoms with Crippen LogP contribution in [0.5, 0.6) is 5.75 Å². The van der Waals surface area contributed by atoms with Crippen LogP contribution in [0.3, 0.4) is 0 Å². The number of nitrogens with zero attached hydrogens (tertiary/aromatic N) is 1. The van der Waals surface area contributed by atoms with Crippen molar-refractivity contribution in [3.05, 3.63) is 23.4 Å². The monoisotopic (exact) mass is 314 g/mol. The lowest BCUT2D eigenvalue weighted by Crippen LogP contribution is -2.63. The van der Waals surface area contributed by atoms with Gasteiger partial charge in [-0.3, -0.25) is 0 Å². The third-order valence-corrected chi connectivity index (χ3v) is 6.73. The van der Waals surface area contributed by atoms with Crippen molar-refractivity contribution in [1.82, 2.24) is 9.88 Å². The molecule has 0 fully saturated rings. The van der Waals surface area contributed by atoms with Gasteiger partial charge in [-0.05, 0) is 35.2 Å². The Kier molecular flexibility index (Phi) is 3.88. The highest BCUT2D eigenvalue weighted by atomic mass is 16.5. The van der Waals surface area contributed by atoms with Crippen LogP contribution in [0.4, 0.5) is 0 Å². The van der Waals surface area contributed by atoms with E-state index in [4.69, 9.17) is 4.74 Å². The number of H-pyrrole nitrogens is 1. The lowest BCUT2D eigenvalue weighted by Gasteiger charge is -2.48. The molecule has 0 amide bonds. The first-order valence-corrected chi connectivity index (χ1v) is 8.86. The normalized spacial score (nSPS) is 21.9. The lowest BCUT2D eigenvalue weighted by atomic mass is 9.31. The van der Waals surface area contributed by atoms with Gasteiger partial charge in [-0.1, -0.05) is 11.3 Å². The molecule has 3 rings (SSSR count). The third-order valence-electron chi connectivity index (χ3n) is 6.73. The molecule has 0 atom stereocenters. The second-order valence-corrected chi connectivity index (χ2v) is 9.17. The molecule has 2 heterocycles. The maximum Gasteiger partial charge on any atom is 0.144 e. The van der Waals surface area contributed by atoms with Crippen LogP contribution in [-0.4, -0.2) is 90.8 Å². The summed E-state index contributed by atoms with van der Waals surface area (Å²) in [5, 5.41) is 1.47. The van der Waals surface area contributed by atoms with E-state index in [-0.39, 0.29) is 15.8 Å². The predicted molar refractivity (Wildman–Crippen MR) is 123 cm³/mol. The summed E-state index contributed by atoms with van der Waals surface area (Å²) < 4.78 is 5.54. The molecule has 0 radical (unpaired) electrons. The number of aromatic amines is 1. The van der Waals surface area contributed by atoms with E-state index >= 15 is 0 Å². The molecule has 1 N–H and O–H groups in total. The number of fused-ring (bicyclic) bond motifs is 3. The van der Waals surface area contributed by atoms with Gasteiger partial charge in [0.2, 0.25) is 0 Å². The standard InChI is InChI=1S/C14H25B7N2O/c1-23-5-12(16,17)11-10(13(18,19)14(23,20)21)6-3-7(15)9(24-2)4-8(6)22-11/h3-4,22H,5,15-21H2,1-2H3. The van der Waals surface area contributed by atoms with E-state index in [1.807, 2.05) is 0 Å². The Morgan fingerprint density at radius 1 is 1.12 bits per heavy atom. The molecule has 10 heteroatoms. The largest absolute Gasteiger partial charge is 0.497 e. The molecule has 0 bridgehead atoms. The van der Waals surface area contributed by atoms with Gasteiger partial charge in [0.1, 0.15) is 60.7 Å². The molecule has 1 aromatic carbocycles. The van der Waals surface area contributed by atoms with E-state index < -0.39 is 0 Å². The fourth-order valence-corrected chi connectivity index (χ4v) is 4.36. The Labute approximate surface area is 151 Å². The molecule has 0 saturated carbocycles. The number of nitrogens with one attached hydrogen (secondary N) is 1. The second kappa shape index (κ2) is 5.23. The number of hydrogen-bond donors (Lipinski definition) is 1. The van der Waals surface area contributed by atoms with E-state index in [0.717, 1.165) is 12.3 Å². The highest BCUT2D eigenvalue weighted by Gasteiger charge is 2.48. The zero-order valence-corrected chi connectivity index (χ0v) is 16.7. The van der Waals surface area contributed by atoms with Crippen LogP contribution in [0.25, 0.3) is 10.9 Å². The van der Waals surface area contributed by atoms with Gasteiger partial charge in [-0.25, -0.2) is 0 Å². The number of rotatable bonds is 1. The van der Waals surface area contributed by atoms with E-state index in [1.54, 1.807) is 7.11 Å². The number of methoxy groups -OCH3 is 1. The fourth-order valence-electron chi connectivity index (χ4n) is 4.36. The molecule has 1 aliphatic rings. The van der Waals surface area contributed by atoms with Crippen molar-refractivity contribution >= 4 is 71.3 Å². The minimum Gasteiger partial charge on any atom is -0.497 e. The van der Waals surface area contributed by atoms with E-state index in [0.29, 0.717) is 0 Å². The van der Waals surface area contributed by atoms with Gasteiger partial charge in [0.15, 0.2) is 0 Å². The summed E-state index contributed by atoms with van der Waals surface area (Å²) in [4.78, 5) is 6.27. The molecule has 118 valence electrons. The minimum atomic E-state index is 0.0180. The third kappa shape index (κ3) is 2.25. The van der Waals surface area contributed by atoms with Crippen LogP contribution in [0.15, 0.2) is 12.1 Å². The van der Waals surface area contributed by atoms with Gasteiger partial charge in [0.25, 0.3) is 0 Å². The van der Waals surface area contributed by atoms with Crippen LogP contribution in [0.2, 0.25) is 0 Å². The first kappa shape index (κ1) is 17.8. The highest BCUT2D eigenvalue weighted by molar-refractivity contribution is 6.55. The number of aromatic nitrogens is 1. The van der Waals surface area contributed by atoms with Crippen molar-refractivity contribution in [3.63, 3.8) is 0 Å². The first-order valence-electron chi connectivity index (χ1n) is 8.86. The highest BCUT2D eigenvalue weighted by Crippen LogP contribution is 2.43. The Bertz CT molecular complexity index is 815. The molecule has 3 nitrogen and oxygen atoms in total. The predicted octanol–water partition coefficient (Wildman–Crippen LogP) is -5.86. The summed E-state index contributed by atoms with van der Waals surface area (Å²) in [7, 11) is 20.3. The molecule has 0 saturated heterocycles. The molecule has 0 aliphatic carbocycles. The lowest BCUT2D eigenvalue weighted by molar-refractivity contribution is 0.257. The zero-order valence-electron chi connectivity index (χ0n) is 16.7. The van der Waals surface area contributed by atoms with E-state index in [1.165, 1.54) is 27.6 Å². The first-order chi connectivity index (χ1) is 10.9. The van der Waals surface area contributed by atoms with Gasteiger partial charge in [0, 0.05) is 22.7 Å². The van der Waals surface area contributed by atoms with Crippen LogP contribution < -0.4 is 10.2 Å². The Morgan fingerprint density at radius 3 is 2.33 bits per heavy atom. The maximum atomic E-state index is 5.54. The summed E-state index contributed by atoms with van der Waals surface area (Å²) >= 11 is 0. The summed E-state index contributed by atoms with van der Waals surface area (Å²) in [6, 6.07) is 4.45. The summed E-state index contributed by atoms with van der Waals surface area (Å²) in [6.45, 7) is 1.03. The van der Waals surface area contributed by atoms with Crippen LogP contribution in [0, 0.1) is 0 Å². The fraction of sp³-hybridized carbons (Fsp3) is 0.429. The topological polar surface area (TPSA) is 28.3 Å². The van der Waals surface area contributed by atoms with Crippen molar-refractivity contribution in [3.8, 4) is 5.75 Å². The van der Waals surface area contributed by atoms with Crippen molar-refractivity contribution in [2.75, 3.05) is 20.7 Å². The molecular weight excluding hydrogens is 288 g/mol. The maximum absolute atomic E-state index is 5.54. The number of hydrogen-bond acceptors (Lipinski definition) is 2. The van der Waals surface area contributed by atoms with Crippen LogP contribution in [0.1, 0.15) is 11.3 Å². The van der Waals surface area contributed by atoms with Crippen LogP contribution in [-0.2, 0) is 10.4 Å². The van der Waals surface area contributed by atoms with Crippen LogP contribution >= 0.6 is 0 Å². The van der Waals surface area contributed by atoms with Gasteiger partial charge in [-0.2, -0.15) is 0 Å². The minimum absolute atomic E-state index is 0.0180. The quantitative estimate of drug-likeness (QED) is 0.531. The number of ether oxygens (including phenoxy) is 1. The van der Waals surface area contributed by atoms with Gasteiger partial charge in [0.05, 0.1) is 7.11 Å². The molecule has 0 spiro atoms. The second-order valence-electron chi connectivity index (χ2n) is 9.17. The van der Waals surface area contributed by atoms with Gasteiger partial charge < -0.3 is 14.6 Å². The number of benzene rings is 1. The zero-order chi connectivity index (χ0) is 18.1. The average Bonchev–Trinajstić information content (AvgIpc) is 2.83. The SMILES string of the molecule is Bc1cc2c3c([nH]c2cc1OC)C(B)(B)CN(C)C(B)(B)C3(B)B. The van der Waals surface area contributed by atoms with Crippen molar-refractivity contribution < 1.29 is 4.74 Å². The number of likely N-dealkylation sites (N-methyl/N-ethyl adjacent to an activating group) is 1. The summed E-state index contributed by atoms with van der Waals surface area (Å²) in [6.07, 6.45) is 0.